The number of hydrogen-bond acceptors (Lipinski definition) is 1. The predicted octanol–water partition coefficient (Wildman–Crippen LogP) is 2.68. The molecule has 0 aliphatic carbocycles. The van der Waals surface area contributed by atoms with Gasteiger partial charge < -0.3 is 4.90 Å². The summed E-state index contributed by atoms with van der Waals surface area (Å²) in [7, 11) is 2.03. The van der Waals surface area contributed by atoms with Crippen LogP contribution in [0, 0.1) is 0 Å². The second-order valence-electron chi connectivity index (χ2n) is 4.81. The molecule has 0 aliphatic rings. The average Bonchev–Trinajstić information content (AvgIpc) is 2.40. The van der Waals surface area contributed by atoms with E-state index in [1.54, 1.807) is 0 Å². The Bertz CT molecular complexity index is 506. The molecule has 18 heavy (non-hydrogen) atoms. The first-order valence-corrected chi connectivity index (χ1v) is 9.55. The lowest BCUT2D eigenvalue weighted by atomic mass is 10.3. The molecule has 0 amide bonds. The second-order valence-corrected chi connectivity index (χ2v) is 10.2. The van der Waals surface area contributed by atoms with Crippen molar-refractivity contribution >= 4 is 34.5 Å². The normalized spacial score (nSPS) is 14.0. The second kappa shape index (κ2) is 5.17. The van der Waals surface area contributed by atoms with Gasteiger partial charge in [-0.2, -0.15) is 11.1 Å². The molecule has 3 heteroatoms. The molecule has 2 rings (SSSR count). The molecule has 0 aromatic heterocycles. The van der Waals surface area contributed by atoms with Crippen LogP contribution in [0.2, 0.25) is 6.55 Å². The molecule has 0 aliphatic heterocycles. The summed E-state index contributed by atoms with van der Waals surface area (Å²) in [5, 5.41) is 2.50. The Kier molecular flexibility index (Phi) is 3.78. The van der Waals surface area contributed by atoms with Crippen molar-refractivity contribution < 1.29 is 0 Å². The minimum atomic E-state index is -2.06. The van der Waals surface area contributed by atoms with E-state index in [2.05, 4.69) is 60.0 Å². The Labute approximate surface area is 115 Å². The largest absolute Gasteiger partial charge is 0.378 e. The third-order valence-corrected chi connectivity index (χ3v) is 7.39. The first kappa shape index (κ1) is 13.2. The Morgan fingerprint density at radius 3 is 1.83 bits per heavy atom. The van der Waals surface area contributed by atoms with Gasteiger partial charge in [0.15, 0.2) is 0 Å². The van der Waals surface area contributed by atoms with E-state index < -0.39 is 7.38 Å². The summed E-state index contributed by atoms with van der Waals surface area (Å²) in [5.74, 6) is 0. The molecule has 2 aromatic carbocycles. The molecule has 0 N–H and O–H groups in total. The van der Waals surface area contributed by atoms with Crippen molar-refractivity contribution in [2.75, 3.05) is 19.0 Å². The van der Waals surface area contributed by atoms with E-state index in [0.29, 0.717) is 0 Å². The van der Waals surface area contributed by atoms with E-state index in [4.69, 9.17) is 11.1 Å². The maximum Gasteiger partial charge on any atom is 0.214 e. The van der Waals surface area contributed by atoms with E-state index in [1.165, 1.54) is 16.1 Å². The third-order valence-electron chi connectivity index (χ3n) is 3.24. The highest BCUT2D eigenvalue weighted by Crippen LogP contribution is 2.14. The van der Waals surface area contributed by atoms with Crippen molar-refractivity contribution in [3.63, 3.8) is 0 Å². The van der Waals surface area contributed by atoms with Crippen molar-refractivity contribution in [3.05, 3.63) is 54.6 Å². The molecule has 1 nitrogen and oxygen atoms in total. The average molecular weight is 276 g/mol. The lowest BCUT2D eigenvalue weighted by Crippen LogP contribution is -2.50. The van der Waals surface area contributed by atoms with Crippen LogP contribution in [0.15, 0.2) is 54.6 Å². The molecule has 1 unspecified atom stereocenters. The van der Waals surface area contributed by atoms with Crippen LogP contribution in [0.3, 0.4) is 0 Å². The van der Waals surface area contributed by atoms with Crippen molar-refractivity contribution in [3.8, 4) is 0 Å². The molecular weight excluding hydrogens is 258 g/mol. The predicted molar refractivity (Wildman–Crippen MR) is 84.0 cm³/mol. The summed E-state index contributed by atoms with van der Waals surface area (Å²) in [6, 6.07) is 19.0. The van der Waals surface area contributed by atoms with Gasteiger partial charge in [0, 0.05) is 19.8 Å². The summed E-state index contributed by atoms with van der Waals surface area (Å²) in [6.45, 7) is 2.18. The Hall–Kier alpha value is -1.25. The van der Waals surface area contributed by atoms with Crippen LogP contribution < -0.4 is 15.3 Å². The zero-order valence-electron chi connectivity index (χ0n) is 11.0. The van der Waals surface area contributed by atoms with Crippen molar-refractivity contribution in [1.29, 1.82) is 0 Å². The topological polar surface area (TPSA) is 3.24 Å². The molecule has 0 heterocycles. The fraction of sp³-hybridized carbons (Fsp3) is 0.200. The number of rotatable bonds is 3. The quantitative estimate of drug-likeness (QED) is 0.615. The van der Waals surface area contributed by atoms with Gasteiger partial charge in [-0.05, 0) is 29.1 Å². The van der Waals surface area contributed by atoms with Crippen LogP contribution in [-0.4, -0.2) is 21.5 Å². The Morgan fingerprint density at radius 2 is 1.33 bits per heavy atom. The zero-order valence-corrected chi connectivity index (χ0v) is 12.8. The van der Waals surface area contributed by atoms with Gasteiger partial charge in [-0.25, -0.2) is 0 Å². The maximum atomic E-state index is 6.84. The maximum absolute atomic E-state index is 6.84. The smallest absolute Gasteiger partial charge is 0.214 e. The van der Waals surface area contributed by atoms with Crippen LogP contribution in [0.5, 0.6) is 0 Å². The highest BCUT2D eigenvalue weighted by atomic mass is 35.6. The van der Waals surface area contributed by atoms with Crippen LogP contribution in [0.1, 0.15) is 0 Å². The van der Waals surface area contributed by atoms with E-state index in [1.807, 2.05) is 20.2 Å². The molecule has 0 saturated heterocycles. The van der Waals surface area contributed by atoms with Crippen LogP contribution >= 0.6 is 11.1 Å². The van der Waals surface area contributed by atoms with Gasteiger partial charge in [0.1, 0.15) is 0 Å². The number of halogens is 1. The van der Waals surface area contributed by atoms with Gasteiger partial charge in [0.05, 0.1) is 0 Å². The molecule has 1 atom stereocenters. The first-order chi connectivity index (χ1) is 8.51. The summed E-state index contributed by atoms with van der Waals surface area (Å²) in [4.78, 5) is 2.10. The molecule has 0 bridgehead atoms. The number of benzene rings is 2. The molecule has 2 aromatic rings. The van der Waals surface area contributed by atoms with Crippen molar-refractivity contribution in [2.45, 2.75) is 6.55 Å². The minimum Gasteiger partial charge on any atom is -0.378 e. The van der Waals surface area contributed by atoms with E-state index >= 15 is 0 Å². The number of nitrogens with zero attached hydrogens (tertiary/aromatic N) is 1. The third kappa shape index (κ3) is 2.60. The fourth-order valence-corrected chi connectivity index (χ4v) is 4.69. The first-order valence-electron chi connectivity index (χ1n) is 6.04. The standard InChI is InChI=1S/C15H18ClNSi/c1-17(2)13-9-11-15(12-10-13)18(3,16)14-7-5-4-6-8-14/h4-12H,1-3H3. The van der Waals surface area contributed by atoms with Gasteiger partial charge in [-0.3, -0.25) is 0 Å². The highest BCUT2D eigenvalue weighted by molar-refractivity contribution is 7.33. The lowest BCUT2D eigenvalue weighted by molar-refractivity contribution is 1.13. The van der Waals surface area contributed by atoms with Gasteiger partial charge in [0.2, 0.25) is 7.38 Å². The minimum absolute atomic E-state index is 1.20. The summed E-state index contributed by atoms with van der Waals surface area (Å²) in [5.41, 5.74) is 1.20. The van der Waals surface area contributed by atoms with Gasteiger partial charge in [-0.1, -0.05) is 42.5 Å². The van der Waals surface area contributed by atoms with Crippen molar-refractivity contribution in [2.24, 2.45) is 0 Å². The molecule has 0 fully saturated rings. The summed E-state index contributed by atoms with van der Waals surface area (Å²) < 4.78 is 0. The van der Waals surface area contributed by atoms with Crippen molar-refractivity contribution in [1.82, 2.24) is 0 Å². The van der Waals surface area contributed by atoms with E-state index in [0.717, 1.165) is 0 Å². The molecule has 0 radical (unpaired) electrons. The zero-order chi connectivity index (χ0) is 13.2. The molecule has 94 valence electrons. The van der Waals surface area contributed by atoms with E-state index in [9.17, 15) is 0 Å². The molecule has 0 spiro atoms. The van der Waals surface area contributed by atoms with Gasteiger partial charge in [-0.15, -0.1) is 0 Å². The molecular formula is C15H18ClNSi. The van der Waals surface area contributed by atoms with E-state index in [-0.39, 0.29) is 0 Å². The highest BCUT2D eigenvalue weighted by Gasteiger charge is 2.29. The summed E-state index contributed by atoms with van der Waals surface area (Å²) >= 11 is 6.84. The van der Waals surface area contributed by atoms with Crippen LogP contribution in [-0.2, 0) is 0 Å². The summed E-state index contributed by atoms with van der Waals surface area (Å²) in [6.07, 6.45) is 0. The fourth-order valence-electron chi connectivity index (χ4n) is 1.99. The van der Waals surface area contributed by atoms with Crippen LogP contribution in [0.4, 0.5) is 5.69 Å². The molecule has 0 saturated carbocycles. The van der Waals surface area contributed by atoms with Crippen LogP contribution in [0.25, 0.3) is 0 Å². The lowest BCUT2D eigenvalue weighted by Gasteiger charge is -2.21. The van der Waals surface area contributed by atoms with Gasteiger partial charge in [0.25, 0.3) is 0 Å². The number of hydrogen-bond donors (Lipinski definition) is 0. The monoisotopic (exact) mass is 275 g/mol. The Balaban J connectivity index is 2.36. The Morgan fingerprint density at radius 1 is 0.833 bits per heavy atom. The number of anilines is 1. The SMILES string of the molecule is CN(C)c1ccc([Si](C)(Cl)c2ccccc2)cc1. The van der Waals surface area contributed by atoms with Gasteiger partial charge >= 0.3 is 0 Å².